The van der Waals surface area contributed by atoms with Crippen LogP contribution in [0.25, 0.3) is 21.5 Å². The second-order valence-corrected chi connectivity index (χ2v) is 8.28. The van der Waals surface area contributed by atoms with Crippen molar-refractivity contribution in [3.8, 4) is 0 Å². The van der Waals surface area contributed by atoms with Crippen LogP contribution < -0.4 is 0 Å². The van der Waals surface area contributed by atoms with Gasteiger partial charge in [0.05, 0.1) is 0 Å². The Hall–Kier alpha value is -0.660. The van der Waals surface area contributed by atoms with Crippen LogP contribution >= 0.6 is 24.8 Å². The molecule has 0 atom stereocenters. The molecular formula is C30H42Cl2SiZr-4. The maximum absolute atomic E-state index is 3.06. The van der Waals surface area contributed by atoms with Gasteiger partial charge in [-0.05, 0) is 26.7 Å². The summed E-state index contributed by atoms with van der Waals surface area (Å²) in [4.78, 5) is 0. The van der Waals surface area contributed by atoms with E-state index in [2.05, 4.69) is 97.0 Å². The van der Waals surface area contributed by atoms with Gasteiger partial charge in [0.15, 0.2) is 0 Å². The molecule has 4 heteroatoms. The zero-order valence-electron chi connectivity index (χ0n) is 22.3. The Morgan fingerprint density at radius 3 is 1.18 bits per heavy atom. The quantitative estimate of drug-likeness (QED) is 0.163. The molecule has 0 amide bonds. The minimum absolute atomic E-state index is 0. The summed E-state index contributed by atoms with van der Waals surface area (Å²) in [5, 5.41) is 5.75. The molecule has 0 spiro atoms. The molecule has 0 fully saturated rings. The molecule has 4 aromatic rings. The van der Waals surface area contributed by atoms with Crippen LogP contribution in [0, 0.1) is 42.5 Å². The van der Waals surface area contributed by atoms with Crippen molar-refractivity contribution in [2.75, 3.05) is 0 Å². The Bertz CT molecular complexity index is 942. The van der Waals surface area contributed by atoms with Gasteiger partial charge in [-0.1, -0.05) is 63.8 Å². The number of hydrogen-bond acceptors (Lipinski definition) is 0. The summed E-state index contributed by atoms with van der Waals surface area (Å²) in [6, 6.07) is 18.3. The topological polar surface area (TPSA) is 0 Å². The van der Waals surface area contributed by atoms with Gasteiger partial charge in [0, 0.05) is 0 Å². The summed E-state index contributed by atoms with van der Waals surface area (Å²) < 4.78 is 0. The number of fused-ring (bicyclic) bond motifs is 2. The first-order valence-electron chi connectivity index (χ1n) is 11.0. The van der Waals surface area contributed by atoms with Crippen LogP contribution in [0.5, 0.6) is 0 Å². The molecule has 0 aliphatic carbocycles. The maximum atomic E-state index is 3.06. The zero-order chi connectivity index (χ0) is 22.3. The first-order chi connectivity index (χ1) is 14.4. The van der Waals surface area contributed by atoms with Gasteiger partial charge >= 0.3 is 30.2 Å². The van der Waals surface area contributed by atoms with Gasteiger partial charge in [-0.15, -0.1) is 92.9 Å². The van der Waals surface area contributed by atoms with Crippen LogP contribution in [0.2, 0.25) is 0 Å². The molecular weight excluding hydrogens is 551 g/mol. The number of hydrogen-bond donors (Lipinski definition) is 0. The average molecular weight is 593 g/mol. The van der Waals surface area contributed by atoms with E-state index in [0.717, 1.165) is 0 Å². The molecule has 4 aromatic carbocycles. The van der Waals surface area contributed by atoms with E-state index in [1.54, 1.807) is 0 Å². The van der Waals surface area contributed by atoms with E-state index in [-0.39, 0.29) is 39.7 Å². The fourth-order valence-electron chi connectivity index (χ4n) is 4.17. The molecule has 2 radical (unpaired) electrons. The van der Waals surface area contributed by atoms with Crippen molar-refractivity contribution in [3.63, 3.8) is 0 Å². The number of aryl methyl sites for hydroxylation is 6. The Labute approximate surface area is 239 Å². The zero-order valence-corrected chi connectivity index (χ0v) is 27.4. The van der Waals surface area contributed by atoms with E-state index < -0.39 is 0 Å². The number of halogens is 2. The van der Waals surface area contributed by atoms with Crippen molar-refractivity contribution in [1.29, 1.82) is 0 Å². The van der Waals surface area contributed by atoms with Gasteiger partial charge in [0.25, 0.3) is 0 Å². The van der Waals surface area contributed by atoms with Gasteiger partial charge in [0.2, 0.25) is 0 Å². The van der Waals surface area contributed by atoms with Crippen molar-refractivity contribution in [3.05, 3.63) is 96.8 Å². The van der Waals surface area contributed by atoms with Crippen molar-refractivity contribution in [1.82, 2.24) is 0 Å². The predicted octanol–water partition coefficient (Wildman–Crippen LogP) is 9.62. The molecule has 0 aromatic heterocycles. The third-order valence-corrected chi connectivity index (χ3v) is 5.84. The van der Waals surface area contributed by atoms with E-state index in [1.807, 2.05) is 0 Å². The molecule has 0 bridgehead atoms. The van der Waals surface area contributed by atoms with Crippen molar-refractivity contribution in [2.45, 2.75) is 67.2 Å². The molecule has 0 aliphatic rings. The summed E-state index contributed by atoms with van der Waals surface area (Å²) in [5.74, 6) is 0. The third kappa shape index (κ3) is 9.42. The third-order valence-electron chi connectivity index (χ3n) is 5.84. The van der Waals surface area contributed by atoms with Crippen LogP contribution in [0.3, 0.4) is 0 Å². The predicted molar refractivity (Wildman–Crippen MR) is 159 cm³/mol. The van der Waals surface area contributed by atoms with Gasteiger partial charge in [0.1, 0.15) is 0 Å². The Morgan fingerprint density at radius 2 is 0.912 bits per heavy atom. The molecule has 34 heavy (non-hydrogen) atoms. The standard InChI is InChI=1S/2C14H17.2CH3.2ClH.Si.Zr/c2*1-4-5-12-8-13-10(2)6-7-11(3)14(13)9-12;;;;;;/h2*6-9H,4-5H2,1-3H3;2*1H3;2*1H;;/q4*-1;;;;. The first-order valence-corrected chi connectivity index (χ1v) is 15.2. The molecule has 0 heterocycles. The molecule has 0 N–H and O–H groups in total. The molecule has 0 nitrogen and oxygen atoms in total. The van der Waals surface area contributed by atoms with E-state index in [9.17, 15) is 0 Å². The van der Waals surface area contributed by atoms with Crippen LogP contribution in [-0.2, 0) is 36.2 Å². The summed E-state index contributed by atoms with van der Waals surface area (Å²) in [6.45, 7) is 16.3. The van der Waals surface area contributed by atoms with Crippen LogP contribution in [0.1, 0.15) is 60.1 Å². The molecule has 0 unspecified atom stereocenters. The van der Waals surface area contributed by atoms with Crippen LogP contribution in [0.4, 0.5) is 0 Å². The van der Waals surface area contributed by atoms with Crippen molar-refractivity contribution < 1.29 is 23.3 Å². The van der Waals surface area contributed by atoms with Gasteiger partial charge in [-0.25, -0.2) is 0 Å². The van der Waals surface area contributed by atoms with E-state index >= 15 is 0 Å². The average Bonchev–Trinajstić information content (AvgIpc) is 3.37. The second-order valence-electron chi connectivity index (χ2n) is 8.28. The summed E-state index contributed by atoms with van der Waals surface area (Å²) in [6.07, 6.45) is 4.87. The van der Waals surface area contributed by atoms with Crippen molar-refractivity contribution in [2.24, 2.45) is 0 Å². The number of rotatable bonds is 4. The summed E-state index contributed by atoms with van der Waals surface area (Å²) in [5.41, 5.74) is 8.56. The molecule has 4 rings (SSSR count). The second kappa shape index (κ2) is 18.6. The fraction of sp³-hybridized carbons (Fsp3) is 0.333. The SMILES string of the molecule is CCCc1cc2c(C)ccc(C)c2[cH-]1.CCCc1cc2c(C)ccc(C)c2[cH-]1.Cl.Cl.[CH3-].[CH3-].[Si]=[Zr]. The molecule has 0 aliphatic heterocycles. The summed E-state index contributed by atoms with van der Waals surface area (Å²) >= 11 is 1.36. The van der Waals surface area contributed by atoms with Gasteiger partial charge in [-0.3, -0.25) is 0 Å². The Kier molecular flexibility index (Phi) is 20.7. The van der Waals surface area contributed by atoms with Crippen LogP contribution in [0.15, 0.2) is 48.5 Å². The van der Waals surface area contributed by atoms with E-state index in [0.29, 0.717) is 0 Å². The van der Waals surface area contributed by atoms with Crippen LogP contribution in [-0.4, -0.2) is 6.88 Å². The Balaban J connectivity index is -0.000000475. The van der Waals surface area contributed by atoms with E-state index in [1.165, 1.54) is 104 Å². The van der Waals surface area contributed by atoms with Gasteiger partial charge in [-0.2, -0.15) is 12.1 Å². The monoisotopic (exact) mass is 590 g/mol. The molecule has 188 valence electrons. The van der Waals surface area contributed by atoms with Crippen molar-refractivity contribution >= 4 is 53.2 Å². The molecule has 0 saturated carbocycles. The normalized spacial score (nSPS) is 9.21. The first kappa shape index (κ1) is 37.9. The minimum atomic E-state index is 0. The van der Waals surface area contributed by atoms with Gasteiger partial charge < -0.3 is 14.9 Å². The van der Waals surface area contributed by atoms with E-state index in [4.69, 9.17) is 0 Å². The molecule has 0 saturated heterocycles. The fourth-order valence-corrected chi connectivity index (χ4v) is 4.17. The number of benzene rings is 2. The Morgan fingerprint density at radius 1 is 0.618 bits per heavy atom. The summed E-state index contributed by atoms with van der Waals surface area (Å²) in [7, 11) is 0.